The summed E-state index contributed by atoms with van der Waals surface area (Å²) in [5.41, 5.74) is 4.93. The molecular weight excluding hydrogens is 232 g/mol. The lowest BCUT2D eigenvalue weighted by molar-refractivity contribution is 0.364. The smallest absolute Gasteiger partial charge is 0.0375 e. The number of benzene rings is 1. The normalized spacial score (nSPS) is 24.8. The van der Waals surface area contributed by atoms with Gasteiger partial charge in [-0.3, -0.25) is 0 Å². The third kappa shape index (κ3) is 2.94. The lowest BCUT2D eigenvalue weighted by atomic mass is 9.92. The molecule has 1 saturated carbocycles. The predicted octanol–water partition coefficient (Wildman–Crippen LogP) is 3.71. The van der Waals surface area contributed by atoms with Crippen molar-refractivity contribution in [2.75, 3.05) is 11.9 Å². The third-order valence-electron chi connectivity index (χ3n) is 4.74. The van der Waals surface area contributed by atoms with Crippen molar-refractivity contribution in [3.63, 3.8) is 0 Å². The quantitative estimate of drug-likeness (QED) is 0.863. The summed E-state index contributed by atoms with van der Waals surface area (Å²) in [7, 11) is 0. The lowest BCUT2D eigenvalue weighted by Crippen LogP contribution is -2.27. The summed E-state index contributed by atoms with van der Waals surface area (Å²) < 4.78 is 0. The standard InChI is InChI=1S/C17H26N2/c1-17(2)9-8-14(11-17)19-12-13-5-3-7-16-15(13)6-4-10-18-16/h3,5,7,14,18-19H,4,6,8-12H2,1-2H3. The van der Waals surface area contributed by atoms with Crippen LogP contribution in [-0.2, 0) is 13.0 Å². The van der Waals surface area contributed by atoms with E-state index in [0.717, 1.165) is 13.1 Å². The molecule has 2 aliphatic rings. The van der Waals surface area contributed by atoms with Crippen molar-refractivity contribution in [1.82, 2.24) is 5.32 Å². The summed E-state index contributed by atoms with van der Waals surface area (Å²) in [4.78, 5) is 0. The molecule has 1 aliphatic carbocycles. The summed E-state index contributed by atoms with van der Waals surface area (Å²) >= 11 is 0. The molecule has 1 aliphatic heterocycles. The molecule has 2 N–H and O–H groups in total. The molecular formula is C17H26N2. The average molecular weight is 258 g/mol. The number of rotatable bonds is 3. The first-order valence-corrected chi connectivity index (χ1v) is 7.72. The molecule has 1 heterocycles. The van der Waals surface area contributed by atoms with Crippen LogP contribution in [0.5, 0.6) is 0 Å². The Labute approximate surface area is 117 Å². The van der Waals surface area contributed by atoms with E-state index in [0.29, 0.717) is 11.5 Å². The average Bonchev–Trinajstić information content (AvgIpc) is 2.76. The highest BCUT2D eigenvalue weighted by atomic mass is 14.9. The van der Waals surface area contributed by atoms with E-state index >= 15 is 0 Å². The van der Waals surface area contributed by atoms with Crippen molar-refractivity contribution in [3.05, 3.63) is 29.3 Å². The molecule has 1 aromatic rings. The maximum atomic E-state index is 3.78. The maximum Gasteiger partial charge on any atom is 0.0375 e. The molecule has 19 heavy (non-hydrogen) atoms. The van der Waals surface area contributed by atoms with Crippen LogP contribution in [-0.4, -0.2) is 12.6 Å². The van der Waals surface area contributed by atoms with Gasteiger partial charge in [-0.15, -0.1) is 0 Å². The van der Waals surface area contributed by atoms with Gasteiger partial charge in [0.25, 0.3) is 0 Å². The van der Waals surface area contributed by atoms with Crippen LogP contribution in [0.1, 0.15) is 50.7 Å². The minimum absolute atomic E-state index is 0.537. The topological polar surface area (TPSA) is 24.1 Å². The van der Waals surface area contributed by atoms with Crippen molar-refractivity contribution < 1.29 is 0 Å². The second-order valence-corrected chi connectivity index (χ2v) is 6.96. The molecule has 0 radical (unpaired) electrons. The van der Waals surface area contributed by atoms with Crippen LogP contribution in [0.2, 0.25) is 0 Å². The summed E-state index contributed by atoms with van der Waals surface area (Å²) in [6.45, 7) is 6.94. The number of nitrogens with one attached hydrogen (secondary N) is 2. The zero-order chi connectivity index (χ0) is 13.3. The van der Waals surface area contributed by atoms with Crippen molar-refractivity contribution in [1.29, 1.82) is 0 Å². The largest absolute Gasteiger partial charge is 0.385 e. The highest BCUT2D eigenvalue weighted by molar-refractivity contribution is 5.56. The van der Waals surface area contributed by atoms with Crippen LogP contribution >= 0.6 is 0 Å². The zero-order valence-electron chi connectivity index (χ0n) is 12.3. The number of hydrogen-bond donors (Lipinski definition) is 2. The molecule has 0 bridgehead atoms. The maximum absolute atomic E-state index is 3.78. The van der Waals surface area contributed by atoms with Gasteiger partial charge in [0.05, 0.1) is 0 Å². The molecule has 3 rings (SSSR count). The number of fused-ring (bicyclic) bond motifs is 1. The van der Waals surface area contributed by atoms with Crippen LogP contribution in [0.3, 0.4) is 0 Å². The lowest BCUT2D eigenvalue weighted by Gasteiger charge is -2.22. The predicted molar refractivity (Wildman–Crippen MR) is 81.5 cm³/mol. The molecule has 1 atom stereocenters. The second-order valence-electron chi connectivity index (χ2n) is 6.96. The Hall–Kier alpha value is -1.02. The van der Waals surface area contributed by atoms with Crippen LogP contribution in [0, 0.1) is 5.41 Å². The van der Waals surface area contributed by atoms with Crippen molar-refractivity contribution in [3.8, 4) is 0 Å². The van der Waals surface area contributed by atoms with Crippen LogP contribution < -0.4 is 10.6 Å². The Bertz CT molecular complexity index is 451. The first-order valence-electron chi connectivity index (χ1n) is 7.72. The third-order valence-corrected chi connectivity index (χ3v) is 4.74. The fourth-order valence-corrected chi connectivity index (χ4v) is 3.61. The minimum Gasteiger partial charge on any atom is -0.385 e. The highest BCUT2D eigenvalue weighted by Gasteiger charge is 2.30. The van der Waals surface area contributed by atoms with Gasteiger partial charge in [-0.2, -0.15) is 0 Å². The highest BCUT2D eigenvalue weighted by Crippen LogP contribution is 2.37. The molecule has 2 nitrogen and oxygen atoms in total. The van der Waals surface area contributed by atoms with Crippen molar-refractivity contribution >= 4 is 5.69 Å². The first-order chi connectivity index (χ1) is 9.14. The Morgan fingerprint density at radius 2 is 2.26 bits per heavy atom. The van der Waals surface area contributed by atoms with E-state index in [9.17, 15) is 0 Å². The Morgan fingerprint density at radius 1 is 1.37 bits per heavy atom. The van der Waals surface area contributed by atoms with E-state index < -0.39 is 0 Å². The fourth-order valence-electron chi connectivity index (χ4n) is 3.61. The number of hydrogen-bond acceptors (Lipinski definition) is 2. The van der Waals surface area contributed by atoms with Gasteiger partial charge in [-0.25, -0.2) is 0 Å². The Morgan fingerprint density at radius 3 is 3.05 bits per heavy atom. The number of anilines is 1. The molecule has 1 fully saturated rings. The molecule has 2 heteroatoms. The SMILES string of the molecule is CC1(C)CCC(NCc2cccc3c2CCCN3)C1. The molecule has 0 spiro atoms. The molecule has 0 aromatic heterocycles. The van der Waals surface area contributed by atoms with Crippen LogP contribution in [0.15, 0.2) is 18.2 Å². The molecule has 0 saturated heterocycles. The summed E-state index contributed by atoms with van der Waals surface area (Å²) in [6.07, 6.45) is 6.51. The van der Waals surface area contributed by atoms with Crippen LogP contribution in [0.4, 0.5) is 5.69 Å². The van der Waals surface area contributed by atoms with Crippen molar-refractivity contribution in [2.24, 2.45) is 5.41 Å². The second kappa shape index (κ2) is 5.16. The summed E-state index contributed by atoms with van der Waals surface area (Å²) in [5, 5.41) is 7.29. The van der Waals surface area contributed by atoms with Gasteiger partial charge in [0.1, 0.15) is 0 Å². The van der Waals surface area contributed by atoms with E-state index in [1.807, 2.05) is 0 Å². The molecule has 1 unspecified atom stereocenters. The molecule has 1 aromatic carbocycles. The van der Waals surface area contributed by atoms with Gasteiger partial charge in [0.15, 0.2) is 0 Å². The van der Waals surface area contributed by atoms with Crippen molar-refractivity contribution in [2.45, 2.75) is 58.5 Å². The van der Waals surface area contributed by atoms with E-state index in [4.69, 9.17) is 0 Å². The monoisotopic (exact) mass is 258 g/mol. The molecule has 0 amide bonds. The van der Waals surface area contributed by atoms with Crippen LogP contribution in [0.25, 0.3) is 0 Å². The summed E-state index contributed by atoms with van der Waals surface area (Å²) in [6, 6.07) is 7.41. The van der Waals surface area contributed by atoms with E-state index in [-0.39, 0.29) is 0 Å². The van der Waals surface area contributed by atoms with Gasteiger partial charge in [0.2, 0.25) is 0 Å². The first kappa shape index (κ1) is 13.0. The Balaban J connectivity index is 1.64. The zero-order valence-corrected chi connectivity index (χ0v) is 12.3. The van der Waals surface area contributed by atoms with Gasteiger partial charge < -0.3 is 10.6 Å². The van der Waals surface area contributed by atoms with E-state index in [2.05, 4.69) is 42.7 Å². The van der Waals surface area contributed by atoms with Gasteiger partial charge in [0, 0.05) is 24.8 Å². The minimum atomic E-state index is 0.537. The van der Waals surface area contributed by atoms with E-state index in [1.54, 1.807) is 5.56 Å². The van der Waals surface area contributed by atoms with Gasteiger partial charge >= 0.3 is 0 Å². The van der Waals surface area contributed by atoms with Gasteiger partial charge in [-0.1, -0.05) is 26.0 Å². The van der Waals surface area contributed by atoms with E-state index in [1.165, 1.54) is 43.4 Å². The van der Waals surface area contributed by atoms with Gasteiger partial charge in [-0.05, 0) is 54.7 Å². The molecule has 104 valence electrons. The summed E-state index contributed by atoms with van der Waals surface area (Å²) in [5.74, 6) is 0. The fraction of sp³-hybridized carbons (Fsp3) is 0.647. The Kier molecular flexibility index (Phi) is 3.53.